The van der Waals surface area contributed by atoms with E-state index in [1.807, 2.05) is 0 Å². The third-order valence-corrected chi connectivity index (χ3v) is 4.51. The van der Waals surface area contributed by atoms with E-state index < -0.39 is 0 Å². The maximum atomic E-state index is 3.71. The average molecular weight is 260 g/mol. The molecule has 0 bridgehead atoms. The topological polar surface area (TPSA) is 15.3 Å². The summed E-state index contributed by atoms with van der Waals surface area (Å²) in [5, 5.41) is 3.71. The van der Waals surface area contributed by atoms with E-state index in [1.165, 1.54) is 24.9 Å². The number of hydrogen-bond acceptors (Lipinski definition) is 2. The van der Waals surface area contributed by atoms with Crippen LogP contribution in [0.3, 0.4) is 0 Å². The van der Waals surface area contributed by atoms with E-state index >= 15 is 0 Å². The van der Waals surface area contributed by atoms with Gasteiger partial charge in [-0.25, -0.2) is 0 Å². The van der Waals surface area contributed by atoms with E-state index in [0.29, 0.717) is 18.1 Å². The van der Waals surface area contributed by atoms with Crippen molar-refractivity contribution in [3.05, 3.63) is 35.9 Å². The number of benzene rings is 1. The lowest BCUT2D eigenvalue weighted by atomic mass is 9.98. The SMILES string of the molecule is CCC1CN(C(C)CC)C(Cc2ccccc2)CN1. The van der Waals surface area contributed by atoms with Gasteiger partial charge in [-0.15, -0.1) is 0 Å². The summed E-state index contributed by atoms with van der Waals surface area (Å²) in [6, 6.07) is 12.9. The zero-order chi connectivity index (χ0) is 13.7. The fourth-order valence-corrected chi connectivity index (χ4v) is 3.01. The van der Waals surface area contributed by atoms with E-state index in [0.717, 1.165) is 13.0 Å². The maximum absolute atomic E-state index is 3.71. The van der Waals surface area contributed by atoms with Gasteiger partial charge >= 0.3 is 0 Å². The Kier molecular flexibility index (Phi) is 5.41. The lowest BCUT2D eigenvalue weighted by Gasteiger charge is -2.43. The third kappa shape index (κ3) is 3.80. The predicted octanol–water partition coefficient (Wildman–Crippen LogP) is 3.08. The third-order valence-electron chi connectivity index (χ3n) is 4.51. The summed E-state index contributed by atoms with van der Waals surface area (Å²) in [7, 11) is 0. The molecule has 1 aliphatic rings. The molecule has 2 heteroatoms. The Morgan fingerprint density at radius 1 is 1.26 bits per heavy atom. The molecule has 0 spiro atoms. The van der Waals surface area contributed by atoms with Crippen molar-refractivity contribution in [3.8, 4) is 0 Å². The van der Waals surface area contributed by atoms with Crippen molar-refractivity contribution in [3.63, 3.8) is 0 Å². The zero-order valence-electron chi connectivity index (χ0n) is 12.6. The number of rotatable bonds is 5. The molecule has 106 valence electrons. The van der Waals surface area contributed by atoms with Crippen molar-refractivity contribution in [1.82, 2.24) is 10.2 Å². The van der Waals surface area contributed by atoms with Crippen LogP contribution in [-0.2, 0) is 6.42 Å². The smallest absolute Gasteiger partial charge is 0.0264 e. The van der Waals surface area contributed by atoms with Crippen LogP contribution >= 0.6 is 0 Å². The molecule has 2 nitrogen and oxygen atoms in total. The minimum Gasteiger partial charge on any atom is -0.311 e. The Hall–Kier alpha value is -0.860. The molecule has 1 aliphatic heterocycles. The molecule has 3 atom stereocenters. The lowest BCUT2D eigenvalue weighted by molar-refractivity contribution is 0.0856. The molecule has 1 aromatic rings. The second-order valence-corrected chi connectivity index (χ2v) is 5.81. The quantitative estimate of drug-likeness (QED) is 0.875. The standard InChI is InChI=1S/C17H28N2/c1-4-14(3)19-13-16(5-2)18-12-17(19)11-15-9-7-6-8-10-15/h6-10,14,16-18H,4-5,11-13H2,1-3H3. The summed E-state index contributed by atoms with van der Waals surface area (Å²) in [6.45, 7) is 9.27. The molecule has 19 heavy (non-hydrogen) atoms. The summed E-state index contributed by atoms with van der Waals surface area (Å²) < 4.78 is 0. The van der Waals surface area contributed by atoms with Gasteiger partial charge < -0.3 is 5.32 Å². The highest BCUT2D eigenvalue weighted by molar-refractivity contribution is 5.16. The molecule has 1 fully saturated rings. The molecule has 0 aromatic heterocycles. The highest BCUT2D eigenvalue weighted by atomic mass is 15.2. The van der Waals surface area contributed by atoms with Crippen LogP contribution in [0.4, 0.5) is 0 Å². The summed E-state index contributed by atoms with van der Waals surface area (Å²) in [4.78, 5) is 2.72. The molecule has 0 radical (unpaired) electrons. The fraction of sp³-hybridized carbons (Fsp3) is 0.647. The van der Waals surface area contributed by atoms with Crippen LogP contribution in [0.1, 0.15) is 39.2 Å². The highest BCUT2D eigenvalue weighted by Crippen LogP contribution is 2.18. The minimum atomic E-state index is 0.639. The normalized spacial score (nSPS) is 26.3. The lowest BCUT2D eigenvalue weighted by Crippen LogP contribution is -2.59. The molecular formula is C17H28N2. The van der Waals surface area contributed by atoms with Crippen LogP contribution in [0.5, 0.6) is 0 Å². The van der Waals surface area contributed by atoms with Crippen molar-refractivity contribution < 1.29 is 0 Å². The van der Waals surface area contributed by atoms with E-state index in [2.05, 4.69) is 61.3 Å². The predicted molar refractivity (Wildman–Crippen MR) is 82.5 cm³/mol. The summed E-state index contributed by atoms with van der Waals surface area (Å²) >= 11 is 0. The number of nitrogens with zero attached hydrogens (tertiary/aromatic N) is 1. The van der Waals surface area contributed by atoms with Gasteiger partial charge in [-0.2, -0.15) is 0 Å². The molecule has 1 heterocycles. The second kappa shape index (κ2) is 7.06. The molecule has 1 saturated heterocycles. The molecular weight excluding hydrogens is 232 g/mol. The Morgan fingerprint density at radius 3 is 2.63 bits per heavy atom. The Balaban J connectivity index is 2.04. The first kappa shape index (κ1) is 14.5. The van der Waals surface area contributed by atoms with Gasteiger partial charge in [0.1, 0.15) is 0 Å². The van der Waals surface area contributed by atoms with E-state index in [-0.39, 0.29) is 0 Å². The van der Waals surface area contributed by atoms with E-state index in [1.54, 1.807) is 0 Å². The average Bonchev–Trinajstić information content (AvgIpc) is 2.48. The first-order valence-electron chi connectivity index (χ1n) is 7.77. The van der Waals surface area contributed by atoms with Crippen LogP contribution in [0.2, 0.25) is 0 Å². The fourth-order valence-electron chi connectivity index (χ4n) is 3.01. The van der Waals surface area contributed by atoms with Crippen molar-refractivity contribution in [2.24, 2.45) is 0 Å². The monoisotopic (exact) mass is 260 g/mol. The Bertz CT molecular complexity index is 363. The molecule has 1 aromatic carbocycles. The van der Waals surface area contributed by atoms with E-state index in [4.69, 9.17) is 0 Å². The zero-order valence-corrected chi connectivity index (χ0v) is 12.6. The Morgan fingerprint density at radius 2 is 2.00 bits per heavy atom. The second-order valence-electron chi connectivity index (χ2n) is 5.81. The Labute approximate surface area is 118 Å². The molecule has 0 amide bonds. The van der Waals surface area contributed by atoms with Crippen LogP contribution in [0, 0.1) is 0 Å². The van der Waals surface area contributed by atoms with Gasteiger partial charge in [0.15, 0.2) is 0 Å². The first-order valence-corrected chi connectivity index (χ1v) is 7.77. The summed E-state index contributed by atoms with van der Waals surface area (Å²) in [5.41, 5.74) is 1.46. The summed E-state index contributed by atoms with van der Waals surface area (Å²) in [5.74, 6) is 0. The molecule has 1 N–H and O–H groups in total. The molecule has 3 unspecified atom stereocenters. The van der Waals surface area contributed by atoms with Crippen LogP contribution in [-0.4, -0.2) is 36.1 Å². The van der Waals surface area contributed by atoms with Gasteiger partial charge in [0.05, 0.1) is 0 Å². The number of hydrogen-bond donors (Lipinski definition) is 1. The highest BCUT2D eigenvalue weighted by Gasteiger charge is 2.29. The largest absolute Gasteiger partial charge is 0.311 e. The summed E-state index contributed by atoms with van der Waals surface area (Å²) in [6.07, 6.45) is 3.63. The van der Waals surface area contributed by atoms with Gasteiger partial charge in [0.25, 0.3) is 0 Å². The number of nitrogens with one attached hydrogen (secondary N) is 1. The molecule has 0 aliphatic carbocycles. The van der Waals surface area contributed by atoms with Crippen LogP contribution < -0.4 is 5.32 Å². The van der Waals surface area contributed by atoms with Gasteiger partial charge in [0.2, 0.25) is 0 Å². The van der Waals surface area contributed by atoms with Crippen molar-refractivity contribution in [2.45, 2.75) is 58.2 Å². The van der Waals surface area contributed by atoms with Gasteiger partial charge in [0, 0.05) is 31.2 Å². The number of piperazine rings is 1. The van der Waals surface area contributed by atoms with Crippen LogP contribution in [0.15, 0.2) is 30.3 Å². The van der Waals surface area contributed by atoms with Crippen LogP contribution in [0.25, 0.3) is 0 Å². The van der Waals surface area contributed by atoms with Gasteiger partial charge in [-0.1, -0.05) is 44.2 Å². The van der Waals surface area contributed by atoms with Gasteiger partial charge in [-0.3, -0.25) is 4.90 Å². The van der Waals surface area contributed by atoms with E-state index in [9.17, 15) is 0 Å². The minimum absolute atomic E-state index is 0.639. The van der Waals surface area contributed by atoms with Crippen molar-refractivity contribution in [2.75, 3.05) is 13.1 Å². The van der Waals surface area contributed by atoms with Crippen molar-refractivity contribution in [1.29, 1.82) is 0 Å². The maximum Gasteiger partial charge on any atom is 0.0264 e. The van der Waals surface area contributed by atoms with Gasteiger partial charge in [-0.05, 0) is 31.7 Å². The first-order chi connectivity index (χ1) is 9.24. The van der Waals surface area contributed by atoms with Crippen molar-refractivity contribution >= 4 is 0 Å². The molecule has 2 rings (SSSR count). The molecule has 0 saturated carbocycles.